The minimum atomic E-state index is 0.340. The lowest BCUT2D eigenvalue weighted by Crippen LogP contribution is -2.12. The molecule has 2 rings (SSSR count). The number of hydrogen-bond donors (Lipinski definition) is 1. The van der Waals surface area contributed by atoms with E-state index >= 15 is 0 Å². The molecule has 0 amide bonds. The van der Waals surface area contributed by atoms with Crippen molar-refractivity contribution >= 4 is 0 Å². The molecular weight excluding hydrogens is 228 g/mol. The molecule has 0 bridgehead atoms. The molecule has 0 aliphatic rings. The fraction of sp³-hybridized carbons (Fsp3) is 0.357. The second-order valence-corrected chi connectivity index (χ2v) is 4.30. The zero-order valence-electron chi connectivity index (χ0n) is 10.9. The van der Waals surface area contributed by atoms with Crippen LogP contribution >= 0.6 is 0 Å². The monoisotopic (exact) mass is 246 g/mol. The van der Waals surface area contributed by atoms with Gasteiger partial charge in [-0.05, 0) is 38.1 Å². The largest absolute Gasteiger partial charge is 0.485 e. The van der Waals surface area contributed by atoms with Crippen LogP contribution in [0.5, 0.6) is 5.75 Å². The van der Waals surface area contributed by atoms with Crippen LogP contribution in [0.25, 0.3) is 0 Å². The first-order chi connectivity index (χ1) is 8.70. The number of nitrogens with zero attached hydrogens (tertiary/aromatic N) is 1. The third kappa shape index (κ3) is 2.90. The van der Waals surface area contributed by atoms with Gasteiger partial charge < -0.3 is 14.6 Å². The molecule has 4 heteroatoms. The quantitative estimate of drug-likeness (QED) is 0.881. The van der Waals surface area contributed by atoms with E-state index in [2.05, 4.69) is 29.5 Å². The highest BCUT2D eigenvalue weighted by Gasteiger charge is 2.07. The Morgan fingerprint density at radius 3 is 2.83 bits per heavy atom. The molecule has 0 saturated carbocycles. The first-order valence-electron chi connectivity index (χ1n) is 6.01. The molecule has 1 heterocycles. The standard InChI is InChI=1S/C14H18N2O2/c1-10-8-12(11(2)15-3)4-5-14(10)17-9-13-6-7-16-18-13/h4-8,11,15H,9H2,1-3H3. The van der Waals surface area contributed by atoms with E-state index in [9.17, 15) is 0 Å². The normalized spacial score (nSPS) is 12.4. The van der Waals surface area contributed by atoms with Crippen molar-refractivity contribution < 1.29 is 9.26 Å². The lowest BCUT2D eigenvalue weighted by molar-refractivity contribution is 0.248. The van der Waals surface area contributed by atoms with Crippen molar-refractivity contribution in [2.45, 2.75) is 26.5 Å². The highest BCUT2D eigenvalue weighted by Crippen LogP contribution is 2.23. The third-order valence-electron chi connectivity index (χ3n) is 2.99. The maximum Gasteiger partial charge on any atom is 0.174 e. The van der Waals surface area contributed by atoms with E-state index in [0.717, 1.165) is 17.1 Å². The molecule has 0 spiro atoms. The molecule has 0 fully saturated rings. The second kappa shape index (κ2) is 5.69. The van der Waals surface area contributed by atoms with E-state index in [4.69, 9.17) is 9.26 Å². The number of benzene rings is 1. The van der Waals surface area contributed by atoms with Gasteiger partial charge in [-0.15, -0.1) is 0 Å². The molecular formula is C14H18N2O2. The van der Waals surface area contributed by atoms with Crippen LogP contribution in [0.4, 0.5) is 0 Å². The highest BCUT2D eigenvalue weighted by atomic mass is 16.5. The topological polar surface area (TPSA) is 47.3 Å². The minimum Gasteiger partial charge on any atom is -0.485 e. The lowest BCUT2D eigenvalue weighted by atomic mass is 10.1. The van der Waals surface area contributed by atoms with Gasteiger partial charge in [0.2, 0.25) is 0 Å². The Labute approximate surface area is 107 Å². The number of rotatable bonds is 5. The molecule has 0 saturated heterocycles. The van der Waals surface area contributed by atoms with Crippen LogP contribution in [0.15, 0.2) is 35.0 Å². The number of aryl methyl sites for hydroxylation is 1. The Morgan fingerprint density at radius 1 is 1.39 bits per heavy atom. The molecule has 1 N–H and O–H groups in total. The molecule has 18 heavy (non-hydrogen) atoms. The summed E-state index contributed by atoms with van der Waals surface area (Å²) < 4.78 is 10.7. The molecule has 1 atom stereocenters. The van der Waals surface area contributed by atoms with Crippen molar-refractivity contribution in [3.8, 4) is 5.75 Å². The van der Waals surface area contributed by atoms with Crippen LogP contribution in [0.3, 0.4) is 0 Å². The predicted molar refractivity (Wildman–Crippen MR) is 69.5 cm³/mol. The maximum atomic E-state index is 5.70. The molecule has 4 nitrogen and oxygen atoms in total. The molecule has 0 aliphatic heterocycles. The number of hydrogen-bond acceptors (Lipinski definition) is 4. The van der Waals surface area contributed by atoms with Gasteiger partial charge in [0.1, 0.15) is 12.4 Å². The lowest BCUT2D eigenvalue weighted by Gasteiger charge is -2.13. The summed E-state index contributed by atoms with van der Waals surface area (Å²) in [6.07, 6.45) is 1.61. The summed E-state index contributed by atoms with van der Waals surface area (Å²) in [5.74, 6) is 1.60. The summed E-state index contributed by atoms with van der Waals surface area (Å²) in [5.41, 5.74) is 2.37. The SMILES string of the molecule is CNC(C)c1ccc(OCc2ccno2)c(C)c1. The Kier molecular flexibility index (Phi) is 3.99. The molecule has 1 aromatic carbocycles. The molecule has 1 aromatic heterocycles. The van der Waals surface area contributed by atoms with Gasteiger partial charge >= 0.3 is 0 Å². The first-order valence-corrected chi connectivity index (χ1v) is 6.01. The van der Waals surface area contributed by atoms with Crippen LogP contribution in [0, 0.1) is 6.92 Å². The number of ether oxygens (including phenoxy) is 1. The van der Waals surface area contributed by atoms with Gasteiger partial charge in [0.25, 0.3) is 0 Å². The van der Waals surface area contributed by atoms with Crippen molar-refractivity contribution in [3.05, 3.63) is 47.3 Å². The van der Waals surface area contributed by atoms with Crippen LogP contribution in [0.2, 0.25) is 0 Å². The third-order valence-corrected chi connectivity index (χ3v) is 2.99. The Balaban J connectivity index is 2.05. The van der Waals surface area contributed by atoms with Crippen molar-refractivity contribution in [2.75, 3.05) is 7.05 Å². The fourth-order valence-electron chi connectivity index (χ4n) is 1.74. The first kappa shape index (κ1) is 12.6. The van der Waals surface area contributed by atoms with Gasteiger partial charge in [0.15, 0.2) is 5.76 Å². The van der Waals surface area contributed by atoms with E-state index in [0.29, 0.717) is 12.6 Å². The van der Waals surface area contributed by atoms with Crippen LogP contribution in [-0.4, -0.2) is 12.2 Å². The molecule has 2 aromatic rings. The van der Waals surface area contributed by atoms with Gasteiger partial charge in [-0.1, -0.05) is 17.3 Å². The summed E-state index contributed by atoms with van der Waals surface area (Å²) in [6.45, 7) is 4.58. The van der Waals surface area contributed by atoms with E-state index in [1.807, 2.05) is 20.0 Å². The Bertz CT molecular complexity index is 495. The van der Waals surface area contributed by atoms with Crippen molar-refractivity contribution in [1.29, 1.82) is 0 Å². The summed E-state index contributed by atoms with van der Waals surface area (Å²) in [7, 11) is 1.95. The summed E-state index contributed by atoms with van der Waals surface area (Å²) >= 11 is 0. The van der Waals surface area contributed by atoms with Crippen LogP contribution in [0.1, 0.15) is 29.9 Å². The predicted octanol–water partition coefficient (Wildman–Crippen LogP) is 2.84. The Morgan fingerprint density at radius 2 is 2.22 bits per heavy atom. The second-order valence-electron chi connectivity index (χ2n) is 4.30. The van der Waals surface area contributed by atoms with Crippen molar-refractivity contribution in [3.63, 3.8) is 0 Å². The van der Waals surface area contributed by atoms with E-state index in [1.165, 1.54) is 5.56 Å². The van der Waals surface area contributed by atoms with Crippen molar-refractivity contribution in [2.24, 2.45) is 0 Å². The van der Waals surface area contributed by atoms with E-state index in [-0.39, 0.29) is 0 Å². The fourth-order valence-corrected chi connectivity index (χ4v) is 1.74. The molecule has 0 radical (unpaired) electrons. The van der Waals surface area contributed by atoms with Gasteiger partial charge in [-0.25, -0.2) is 0 Å². The van der Waals surface area contributed by atoms with Crippen molar-refractivity contribution in [1.82, 2.24) is 10.5 Å². The zero-order chi connectivity index (χ0) is 13.0. The van der Waals surface area contributed by atoms with Gasteiger partial charge in [-0.2, -0.15) is 0 Å². The smallest absolute Gasteiger partial charge is 0.174 e. The van der Waals surface area contributed by atoms with Gasteiger partial charge in [0, 0.05) is 12.1 Å². The van der Waals surface area contributed by atoms with E-state index < -0.39 is 0 Å². The van der Waals surface area contributed by atoms with Crippen LogP contribution < -0.4 is 10.1 Å². The average Bonchev–Trinajstić information content (AvgIpc) is 2.89. The molecule has 96 valence electrons. The number of aromatic nitrogens is 1. The average molecular weight is 246 g/mol. The summed E-state index contributed by atoms with van der Waals surface area (Å²) in [6, 6.07) is 8.34. The number of nitrogens with one attached hydrogen (secondary N) is 1. The summed E-state index contributed by atoms with van der Waals surface area (Å²) in [5, 5.41) is 6.86. The molecule has 1 unspecified atom stereocenters. The van der Waals surface area contributed by atoms with Crippen LogP contribution in [-0.2, 0) is 6.61 Å². The maximum absolute atomic E-state index is 5.70. The Hall–Kier alpha value is -1.81. The minimum absolute atomic E-state index is 0.340. The highest BCUT2D eigenvalue weighted by molar-refractivity contribution is 5.37. The zero-order valence-corrected chi connectivity index (χ0v) is 10.9. The van der Waals surface area contributed by atoms with Gasteiger partial charge in [0.05, 0.1) is 6.20 Å². The summed E-state index contributed by atoms with van der Waals surface area (Å²) in [4.78, 5) is 0. The van der Waals surface area contributed by atoms with Gasteiger partial charge in [-0.3, -0.25) is 0 Å². The molecule has 0 aliphatic carbocycles. The van der Waals surface area contributed by atoms with E-state index in [1.54, 1.807) is 12.3 Å².